The van der Waals surface area contributed by atoms with E-state index in [9.17, 15) is 37.5 Å². The van der Waals surface area contributed by atoms with Gasteiger partial charge < -0.3 is 21.1 Å². The zero-order valence-corrected chi connectivity index (χ0v) is 31.9. The first-order chi connectivity index (χ1) is 25.1. The summed E-state index contributed by atoms with van der Waals surface area (Å²) in [5.41, 5.74) is 2.91. The van der Waals surface area contributed by atoms with Crippen molar-refractivity contribution in [3.8, 4) is 0 Å². The van der Waals surface area contributed by atoms with Crippen LogP contribution in [0.4, 0.5) is 0 Å². The van der Waals surface area contributed by atoms with Crippen LogP contribution in [0.25, 0.3) is 0 Å². The van der Waals surface area contributed by atoms with Crippen LogP contribution >= 0.6 is 11.8 Å². The molecular weight excluding hydrogens is 725 g/mol. The molecule has 3 heterocycles. The first-order valence-corrected chi connectivity index (χ1v) is 20.6. The summed E-state index contributed by atoms with van der Waals surface area (Å²) in [7, 11) is -3.77. The molecule has 3 fully saturated rings. The van der Waals surface area contributed by atoms with E-state index in [0.717, 1.165) is 32.1 Å². The highest BCUT2D eigenvalue weighted by Crippen LogP contribution is 2.35. The Hall–Kier alpha value is -4.00. The molecule has 1 aliphatic carbocycles. The summed E-state index contributed by atoms with van der Waals surface area (Å²) in [6, 6.07) is 3.44. The van der Waals surface area contributed by atoms with Crippen molar-refractivity contribution >= 4 is 56.9 Å². The molecule has 16 nitrogen and oxygen atoms in total. The maximum Gasteiger partial charge on any atom is 0.287 e. The Morgan fingerprint density at radius 1 is 1.08 bits per heavy atom. The summed E-state index contributed by atoms with van der Waals surface area (Å²) in [6.07, 6.45) is 6.58. The lowest BCUT2D eigenvalue weighted by Crippen LogP contribution is -2.63. The Labute approximate surface area is 313 Å². The van der Waals surface area contributed by atoms with Gasteiger partial charge in [0.25, 0.3) is 17.7 Å². The lowest BCUT2D eigenvalue weighted by atomic mass is 9.85. The number of nitrogens with two attached hydrogens (primary N) is 1. The number of thioether (sulfide) groups is 1. The lowest BCUT2D eigenvalue weighted by molar-refractivity contribution is -0.143. The summed E-state index contributed by atoms with van der Waals surface area (Å²) in [5.74, 6) is -3.08. The number of rotatable bonds is 13. The van der Waals surface area contributed by atoms with E-state index in [1.807, 2.05) is 0 Å². The summed E-state index contributed by atoms with van der Waals surface area (Å²) >= 11 is 1.58. The highest BCUT2D eigenvalue weighted by Gasteiger charge is 2.49. The summed E-state index contributed by atoms with van der Waals surface area (Å²) in [6.45, 7) is 4.90. The maximum absolute atomic E-state index is 14.7. The number of primary amides is 1. The van der Waals surface area contributed by atoms with Crippen LogP contribution in [0, 0.1) is 5.92 Å². The van der Waals surface area contributed by atoms with Gasteiger partial charge in [0.1, 0.15) is 22.9 Å². The van der Waals surface area contributed by atoms with Crippen LogP contribution in [-0.2, 0) is 34.8 Å². The van der Waals surface area contributed by atoms with E-state index in [1.165, 1.54) is 40.0 Å². The number of carbonyl (C=O) groups excluding carboxylic acids is 5. The molecule has 288 valence electrons. The number of benzene rings is 1. The molecular formula is C35H48N8O8S2. The number of aliphatic imine (C=N–C) groups is 1. The fourth-order valence-corrected chi connectivity index (χ4v) is 9.58. The van der Waals surface area contributed by atoms with E-state index in [2.05, 4.69) is 25.3 Å². The topological polar surface area (TPSA) is 236 Å². The van der Waals surface area contributed by atoms with Crippen molar-refractivity contribution in [2.75, 3.05) is 24.6 Å². The number of sulfonamides is 1. The Balaban J connectivity index is 1.52. The monoisotopic (exact) mass is 772 g/mol. The van der Waals surface area contributed by atoms with Gasteiger partial charge in [-0.15, -0.1) is 5.10 Å². The van der Waals surface area contributed by atoms with Crippen molar-refractivity contribution in [3.05, 3.63) is 41.7 Å². The van der Waals surface area contributed by atoms with Crippen LogP contribution in [-0.4, -0.2) is 105 Å². The highest BCUT2D eigenvalue weighted by molar-refractivity contribution is 7.99. The fraction of sp³-hybridized carbons (Fsp3) is 0.600. The second-order valence-electron chi connectivity index (χ2n) is 14.5. The van der Waals surface area contributed by atoms with Crippen LogP contribution in [0.3, 0.4) is 0 Å². The second-order valence-corrected chi connectivity index (χ2v) is 17.5. The number of hydrogen-bond donors (Lipinski definition) is 4. The number of nitrogens with one attached hydrogen (secondary N) is 2. The van der Waals surface area contributed by atoms with E-state index in [1.54, 1.807) is 32.5 Å². The third-order valence-corrected chi connectivity index (χ3v) is 12.7. The number of likely N-dealkylation sites (tertiary alicyclic amines) is 1. The van der Waals surface area contributed by atoms with Gasteiger partial charge >= 0.3 is 0 Å². The van der Waals surface area contributed by atoms with Crippen LogP contribution in [0.15, 0.2) is 40.4 Å². The molecule has 18 heteroatoms. The van der Waals surface area contributed by atoms with Crippen LogP contribution in [0.5, 0.6) is 0 Å². The molecule has 0 radical (unpaired) electrons. The Morgan fingerprint density at radius 3 is 2.34 bits per heavy atom. The van der Waals surface area contributed by atoms with E-state index >= 15 is 0 Å². The molecule has 4 amide bonds. The second kappa shape index (κ2) is 16.6. The molecule has 5 N–H and O–H groups in total. The van der Waals surface area contributed by atoms with Crippen LogP contribution < -0.4 is 15.8 Å². The number of amides is 4. The number of carbonyl (C=O) groups is 5. The van der Waals surface area contributed by atoms with E-state index in [4.69, 9.17) is 5.73 Å². The van der Waals surface area contributed by atoms with Gasteiger partial charge in [-0.1, -0.05) is 44.2 Å². The maximum atomic E-state index is 14.7. The number of Topliss-reactive ketones (excluding diaryl/α,β-unsaturated/α-hetero) is 1. The Kier molecular flexibility index (Phi) is 12.6. The zero-order valence-electron chi connectivity index (χ0n) is 30.2. The predicted molar refractivity (Wildman–Crippen MR) is 196 cm³/mol. The first-order valence-electron chi connectivity index (χ1n) is 18.0. The van der Waals surface area contributed by atoms with Crippen molar-refractivity contribution in [1.29, 1.82) is 0 Å². The standard InChI is InChI=1S/C35H48N8O8S2/c1-4-38-53(50,51)25-12-10-23(11-13-25)31(46)39-26(18-22-8-6-5-7-9-22)33(48)42-21-24(43-28(20-37-41-43)34(2,3)49)19-27(42)32(47)40-35(29(44)30(36)45)14-16-52-17-15-35/h10-13,20,22,24,27,38,49H,4-9,14-19,21H2,1-3H3,(H2,36,45)(H,40,47)/b39-26+/t24-,27-/m0/s1. The molecule has 2 aromatic rings. The zero-order chi connectivity index (χ0) is 38.6. The minimum absolute atomic E-state index is 0.0198. The van der Waals surface area contributed by atoms with Crippen molar-refractivity contribution in [2.45, 2.75) is 107 Å². The third kappa shape index (κ3) is 9.21. The van der Waals surface area contributed by atoms with Crippen molar-refractivity contribution in [3.63, 3.8) is 0 Å². The number of hydrogen-bond acceptors (Lipinski definition) is 11. The van der Waals surface area contributed by atoms with Gasteiger partial charge in [0.2, 0.25) is 21.7 Å². The number of ketones is 1. The first kappa shape index (κ1) is 40.2. The average molecular weight is 773 g/mol. The van der Waals surface area contributed by atoms with Crippen LogP contribution in [0.1, 0.15) is 101 Å². The molecule has 1 aromatic heterocycles. The van der Waals surface area contributed by atoms with Gasteiger partial charge in [-0.2, -0.15) is 11.8 Å². The summed E-state index contributed by atoms with van der Waals surface area (Å²) < 4.78 is 28.8. The molecule has 0 spiro atoms. The SMILES string of the molecule is CCNS(=O)(=O)c1ccc(C(=O)/N=C(\CC2CCCCC2)C(=O)N2C[C@@H](n3nncc3C(C)(C)O)C[C@H]2C(=O)NC2(C(=O)C(N)=O)CCSCC2)cc1. The van der Waals surface area contributed by atoms with E-state index in [-0.39, 0.29) is 60.9 Å². The van der Waals surface area contributed by atoms with Crippen LogP contribution in [0.2, 0.25) is 0 Å². The van der Waals surface area contributed by atoms with Gasteiger partial charge in [0.05, 0.1) is 22.8 Å². The minimum Gasteiger partial charge on any atom is -0.384 e. The molecule has 1 aromatic carbocycles. The summed E-state index contributed by atoms with van der Waals surface area (Å²) in [5, 5.41) is 21.8. The van der Waals surface area contributed by atoms with Crippen molar-refractivity contribution in [2.24, 2.45) is 16.6 Å². The smallest absolute Gasteiger partial charge is 0.287 e. The molecule has 2 saturated heterocycles. The third-order valence-electron chi connectivity index (χ3n) is 10.2. The number of aliphatic hydroxyl groups is 1. The summed E-state index contributed by atoms with van der Waals surface area (Å²) in [4.78, 5) is 73.6. The average Bonchev–Trinajstić information content (AvgIpc) is 3.80. The van der Waals surface area contributed by atoms with E-state index < -0.39 is 62.7 Å². The molecule has 5 rings (SSSR count). The largest absolute Gasteiger partial charge is 0.384 e. The van der Waals surface area contributed by atoms with Gasteiger partial charge in [-0.05, 0) is 74.8 Å². The highest BCUT2D eigenvalue weighted by atomic mass is 32.2. The molecule has 0 unspecified atom stereocenters. The molecule has 2 aliphatic heterocycles. The minimum atomic E-state index is -3.77. The molecule has 2 atom stereocenters. The van der Waals surface area contributed by atoms with E-state index in [0.29, 0.717) is 17.2 Å². The Bertz CT molecular complexity index is 1840. The molecule has 3 aliphatic rings. The van der Waals surface area contributed by atoms with Gasteiger partial charge in [-0.3, -0.25) is 24.0 Å². The molecule has 53 heavy (non-hydrogen) atoms. The van der Waals surface area contributed by atoms with Gasteiger partial charge in [0, 0.05) is 25.1 Å². The normalized spacial score (nSPS) is 21.3. The Morgan fingerprint density at radius 2 is 1.74 bits per heavy atom. The van der Waals surface area contributed by atoms with Gasteiger partial charge in [-0.25, -0.2) is 22.8 Å². The molecule has 0 bridgehead atoms. The molecule has 1 saturated carbocycles. The fourth-order valence-electron chi connectivity index (χ4n) is 7.35. The number of nitrogens with zero attached hydrogens (tertiary/aromatic N) is 5. The lowest BCUT2D eigenvalue weighted by Gasteiger charge is -2.37. The van der Waals surface area contributed by atoms with Crippen molar-refractivity contribution in [1.82, 2.24) is 29.9 Å². The predicted octanol–water partition coefficient (Wildman–Crippen LogP) is 1.63. The van der Waals surface area contributed by atoms with Gasteiger partial charge in [0.15, 0.2) is 0 Å². The quantitative estimate of drug-likeness (QED) is 0.169. The van der Waals surface area contributed by atoms with Crippen molar-refractivity contribution < 1.29 is 37.5 Å². The number of aromatic nitrogens is 3.